The van der Waals surface area contributed by atoms with E-state index in [9.17, 15) is 9.90 Å². The normalized spacial score (nSPS) is 30.6. The third-order valence-electron chi connectivity index (χ3n) is 2.80. The molecule has 12 heavy (non-hydrogen) atoms. The first-order valence-corrected chi connectivity index (χ1v) is 4.13. The summed E-state index contributed by atoms with van der Waals surface area (Å²) in [6, 6.07) is 0. The van der Waals surface area contributed by atoms with E-state index in [1.165, 1.54) is 0 Å². The lowest BCUT2D eigenvalue weighted by atomic mass is 9.72. The van der Waals surface area contributed by atoms with E-state index in [1.807, 2.05) is 0 Å². The molecule has 1 rings (SSSR count). The number of aliphatic hydroxyl groups is 1. The van der Waals surface area contributed by atoms with Crippen LogP contribution in [0.15, 0.2) is 0 Å². The summed E-state index contributed by atoms with van der Waals surface area (Å²) < 4.78 is 0. The van der Waals surface area contributed by atoms with Gasteiger partial charge in [0, 0.05) is 6.54 Å². The molecule has 4 heteroatoms. The van der Waals surface area contributed by atoms with Crippen molar-refractivity contribution in [1.29, 1.82) is 0 Å². The molecule has 1 atom stereocenters. The highest BCUT2D eigenvalue weighted by molar-refractivity contribution is 5.82. The molecule has 1 aliphatic rings. The van der Waals surface area contributed by atoms with Gasteiger partial charge in [-0.3, -0.25) is 4.79 Å². The standard InChI is InChI=1S/C8H16N2O2/c1-7(2,12)8(6(9)11)3-4-10-5-8/h10,12H,3-5H2,1-2H3,(H2,9,11). The van der Waals surface area contributed by atoms with Crippen molar-refractivity contribution in [1.82, 2.24) is 5.32 Å². The molecule has 70 valence electrons. The van der Waals surface area contributed by atoms with Crippen molar-refractivity contribution in [3.8, 4) is 0 Å². The first-order valence-electron chi connectivity index (χ1n) is 4.13. The molecule has 0 aromatic heterocycles. The van der Waals surface area contributed by atoms with Crippen LogP contribution in [0.4, 0.5) is 0 Å². The summed E-state index contributed by atoms with van der Waals surface area (Å²) in [7, 11) is 0. The Morgan fingerprint density at radius 1 is 1.67 bits per heavy atom. The molecule has 1 unspecified atom stereocenters. The Hall–Kier alpha value is -0.610. The Morgan fingerprint density at radius 3 is 2.42 bits per heavy atom. The summed E-state index contributed by atoms with van der Waals surface area (Å²) in [6.07, 6.45) is 0.617. The molecule has 1 aliphatic heterocycles. The lowest BCUT2D eigenvalue weighted by Gasteiger charge is -2.36. The van der Waals surface area contributed by atoms with E-state index < -0.39 is 16.9 Å². The summed E-state index contributed by atoms with van der Waals surface area (Å²) in [6.45, 7) is 4.48. The van der Waals surface area contributed by atoms with E-state index in [-0.39, 0.29) is 0 Å². The fraction of sp³-hybridized carbons (Fsp3) is 0.875. The van der Waals surface area contributed by atoms with Crippen LogP contribution in [0.1, 0.15) is 20.3 Å². The lowest BCUT2D eigenvalue weighted by Crippen LogP contribution is -2.53. The number of primary amides is 1. The van der Waals surface area contributed by atoms with E-state index in [0.29, 0.717) is 13.0 Å². The maximum Gasteiger partial charge on any atom is 0.227 e. The molecule has 0 bridgehead atoms. The van der Waals surface area contributed by atoms with Gasteiger partial charge in [0.2, 0.25) is 5.91 Å². The maximum absolute atomic E-state index is 11.2. The number of nitrogens with two attached hydrogens (primary N) is 1. The fourth-order valence-electron chi connectivity index (χ4n) is 1.73. The van der Waals surface area contributed by atoms with Crippen LogP contribution in [0.3, 0.4) is 0 Å². The zero-order valence-electron chi connectivity index (χ0n) is 7.55. The van der Waals surface area contributed by atoms with E-state index in [0.717, 1.165) is 6.54 Å². The number of nitrogens with one attached hydrogen (secondary N) is 1. The summed E-state index contributed by atoms with van der Waals surface area (Å²) in [5.41, 5.74) is 3.46. The van der Waals surface area contributed by atoms with Crippen molar-refractivity contribution in [3.63, 3.8) is 0 Å². The quantitative estimate of drug-likeness (QED) is 0.511. The molecule has 1 amide bonds. The Kier molecular flexibility index (Phi) is 2.14. The average Bonchev–Trinajstić information content (AvgIpc) is 2.31. The fourth-order valence-corrected chi connectivity index (χ4v) is 1.73. The molecule has 1 saturated heterocycles. The molecular formula is C8H16N2O2. The molecule has 1 heterocycles. The van der Waals surface area contributed by atoms with Crippen LogP contribution in [0.25, 0.3) is 0 Å². The molecule has 0 saturated carbocycles. The number of hydrogen-bond donors (Lipinski definition) is 3. The minimum atomic E-state index is -1.04. The minimum Gasteiger partial charge on any atom is -0.389 e. The van der Waals surface area contributed by atoms with Crippen molar-refractivity contribution >= 4 is 5.91 Å². The van der Waals surface area contributed by atoms with Gasteiger partial charge in [0.25, 0.3) is 0 Å². The highest BCUT2D eigenvalue weighted by Crippen LogP contribution is 2.36. The molecule has 0 aromatic carbocycles. The second kappa shape index (κ2) is 2.71. The lowest BCUT2D eigenvalue weighted by molar-refractivity contribution is -0.140. The van der Waals surface area contributed by atoms with Crippen LogP contribution in [0, 0.1) is 5.41 Å². The number of rotatable bonds is 2. The van der Waals surface area contributed by atoms with Crippen LogP contribution in [0.2, 0.25) is 0 Å². The smallest absolute Gasteiger partial charge is 0.227 e. The van der Waals surface area contributed by atoms with Crippen LogP contribution in [0.5, 0.6) is 0 Å². The summed E-state index contributed by atoms with van der Waals surface area (Å²) >= 11 is 0. The molecule has 0 radical (unpaired) electrons. The van der Waals surface area contributed by atoms with Gasteiger partial charge in [-0.15, -0.1) is 0 Å². The van der Waals surface area contributed by atoms with Crippen LogP contribution in [-0.4, -0.2) is 29.7 Å². The van der Waals surface area contributed by atoms with Crippen molar-refractivity contribution < 1.29 is 9.90 Å². The second-order valence-electron chi connectivity index (χ2n) is 3.93. The average molecular weight is 172 g/mol. The predicted molar refractivity (Wildman–Crippen MR) is 45.4 cm³/mol. The third-order valence-corrected chi connectivity index (χ3v) is 2.80. The van der Waals surface area contributed by atoms with Gasteiger partial charge >= 0.3 is 0 Å². The molecule has 4 N–H and O–H groups in total. The molecule has 0 spiro atoms. The number of amides is 1. The SMILES string of the molecule is CC(C)(O)C1(C(N)=O)CCNC1. The monoisotopic (exact) mass is 172 g/mol. The van der Waals surface area contributed by atoms with Gasteiger partial charge in [0.15, 0.2) is 0 Å². The van der Waals surface area contributed by atoms with Gasteiger partial charge in [-0.25, -0.2) is 0 Å². The molecule has 4 nitrogen and oxygen atoms in total. The van der Waals surface area contributed by atoms with E-state index >= 15 is 0 Å². The first-order chi connectivity index (χ1) is 5.40. The van der Waals surface area contributed by atoms with Crippen LogP contribution in [-0.2, 0) is 4.79 Å². The van der Waals surface area contributed by atoms with Crippen molar-refractivity contribution in [2.45, 2.75) is 25.9 Å². The van der Waals surface area contributed by atoms with Gasteiger partial charge in [-0.05, 0) is 26.8 Å². The van der Waals surface area contributed by atoms with Crippen LogP contribution >= 0.6 is 0 Å². The zero-order chi connectivity index (χ0) is 9.41. The minimum absolute atomic E-state index is 0.417. The van der Waals surface area contributed by atoms with Gasteiger partial charge in [-0.1, -0.05) is 0 Å². The number of hydrogen-bond acceptors (Lipinski definition) is 3. The van der Waals surface area contributed by atoms with Crippen molar-refractivity contribution in [3.05, 3.63) is 0 Å². The van der Waals surface area contributed by atoms with Crippen LogP contribution < -0.4 is 11.1 Å². The maximum atomic E-state index is 11.2. The Labute approximate surface area is 72.1 Å². The Balaban J connectivity index is 2.94. The highest BCUT2D eigenvalue weighted by Gasteiger charge is 2.50. The number of carbonyl (C=O) groups excluding carboxylic acids is 1. The molecule has 0 aromatic rings. The van der Waals surface area contributed by atoms with E-state index in [1.54, 1.807) is 13.8 Å². The van der Waals surface area contributed by atoms with Crippen molar-refractivity contribution in [2.24, 2.45) is 11.1 Å². The zero-order valence-corrected chi connectivity index (χ0v) is 7.55. The summed E-state index contributed by atoms with van der Waals surface area (Å²) in [5, 5.41) is 12.8. The second-order valence-corrected chi connectivity index (χ2v) is 3.93. The number of carbonyl (C=O) groups is 1. The largest absolute Gasteiger partial charge is 0.389 e. The summed E-state index contributed by atoms with van der Waals surface area (Å²) in [5.74, 6) is -0.417. The third kappa shape index (κ3) is 1.21. The van der Waals surface area contributed by atoms with Crippen molar-refractivity contribution in [2.75, 3.05) is 13.1 Å². The highest BCUT2D eigenvalue weighted by atomic mass is 16.3. The molecular weight excluding hydrogens is 156 g/mol. The Morgan fingerprint density at radius 2 is 2.25 bits per heavy atom. The van der Waals surface area contributed by atoms with E-state index in [4.69, 9.17) is 5.73 Å². The van der Waals surface area contributed by atoms with Gasteiger partial charge < -0.3 is 16.2 Å². The molecule has 1 fully saturated rings. The summed E-state index contributed by atoms with van der Waals surface area (Å²) in [4.78, 5) is 11.2. The van der Waals surface area contributed by atoms with Gasteiger partial charge in [0.05, 0.1) is 11.0 Å². The van der Waals surface area contributed by atoms with E-state index in [2.05, 4.69) is 5.32 Å². The predicted octanol–water partition coefficient (Wildman–Crippen LogP) is -0.778. The Bertz CT molecular complexity index is 190. The van der Waals surface area contributed by atoms with Gasteiger partial charge in [0.1, 0.15) is 0 Å². The van der Waals surface area contributed by atoms with Gasteiger partial charge in [-0.2, -0.15) is 0 Å². The topological polar surface area (TPSA) is 75.3 Å². The molecule has 0 aliphatic carbocycles. The first kappa shape index (κ1) is 9.48.